The molecule has 2 aliphatic heterocycles. The Kier molecular flexibility index (Phi) is 2.79. The summed E-state index contributed by atoms with van der Waals surface area (Å²) in [5.74, 6) is 0.284. The Labute approximate surface area is 125 Å². The molecule has 4 heteroatoms. The first-order chi connectivity index (χ1) is 10.0. The normalized spacial score (nSPS) is 32.3. The Morgan fingerprint density at radius 1 is 1.10 bits per heavy atom. The molecule has 1 saturated heterocycles. The highest BCUT2D eigenvalue weighted by Crippen LogP contribution is 2.55. The second kappa shape index (κ2) is 4.37. The SMILES string of the molecule is CC1(C)O[C@@H]2c3c(N)cccc3OC3(CCCCC3)[C@@H]2O1. The Balaban J connectivity index is 1.84. The van der Waals surface area contributed by atoms with E-state index in [0.717, 1.165) is 29.8 Å². The van der Waals surface area contributed by atoms with Crippen molar-refractivity contribution in [2.75, 3.05) is 5.73 Å². The van der Waals surface area contributed by atoms with E-state index in [1.165, 1.54) is 19.3 Å². The summed E-state index contributed by atoms with van der Waals surface area (Å²) in [7, 11) is 0. The van der Waals surface area contributed by atoms with Gasteiger partial charge in [0.25, 0.3) is 0 Å². The lowest BCUT2D eigenvalue weighted by Gasteiger charge is -2.46. The molecule has 4 nitrogen and oxygen atoms in total. The average molecular weight is 289 g/mol. The number of benzene rings is 1. The molecule has 4 rings (SSSR count). The molecule has 2 atom stereocenters. The van der Waals surface area contributed by atoms with Crippen LogP contribution in [0.1, 0.15) is 57.6 Å². The topological polar surface area (TPSA) is 53.7 Å². The van der Waals surface area contributed by atoms with Gasteiger partial charge in [0.2, 0.25) is 0 Å². The van der Waals surface area contributed by atoms with Crippen molar-refractivity contribution in [3.63, 3.8) is 0 Å². The van der Waals surface area contributed by atoms with Crippen LogP contribution in [0.4, 0.5) is 5.69 Å². The van der Waals surface area contributed by atoms with E-state index in [2.05, 4.69) is 0 Å². The molecule has 1 aromatic rings. The van der Waals surface area contributed by atoms with Gasteiger partial charge in [0.15, 0.2) is 5.79 Å². The predicted molar refractivity (Wildman–Crippen MR) is 80.1 cm³/mol. The van der Waals surface area contributed by atoms with Gasteiger partial charge < -0.3 is 19.9 Å². The Hall–Kier alpha value is -1.26. The molecule has 1 aliphatic carbocycles. The molecule has 2 heterocycles. The van der Waals surface area contributed by atoms with Crippen LogP contribution in [0.2, 0.25) is 0 Å². The number of hydrogen-bond donors (Lipinski definition) is 1. The van der Waals surface area contributed by atoms with Crippen LogP contribution < -0.4 is 10.5 Å². The zero-order valence-electron chi connectivity index (χ0n) is 12.7. The van der Waals surface area contributed by atoms with Crippen molar-refractivity contribution in [3.8, 4) is 5.75 Å². The fourth-order valence-electron chi connectivity index (χ4n) is 4.12. The summed E-state index contributed by atoms with van der Waals surface area (Å²) in [4.78, 5) is 0. The van der Waals surface area contributed by atoms with Gasteiger partial charge in [0, 0.05) is 11.3 Å². The molecule has 0 radical (unpaired) electrons. The van der Waals surface area contributed by atoms with E-state index in [1.807, 2.05) is 32.0 Å². The molecule has 1 aromatic carbocycles. The quantitative estimate of drug-likeness (QED) is 0.742. The minimum atomic E-state index is -0.590. The number of ether oxygens (including phenoxy) is 3. The van der Waals surface area contributed by atoms with Crippen molar-refractivity contribution in [2.24, 2.45) is 0 Å². The molecule has 114 valence electrons. The van der Waals surface area contributed by atoms with Crippen LogP contribution in [0, 0.1) is 0 Å². The highest BCUT2D eigenvalue weighted by molar-refractivity contribution is 5.57. The molecule has 1 spiro atoms. The van der Waals surface area contributed by atoms with Crippen LogP contribution in [-0.2, 0) is 9.47 Å². The lowest BCUT2D eigenvalue weighted by atomic mass is 9.75. The maximum atomic E-state index is 6.46. The zero-order valence-corrected chi connectivity index (χ0v) is 12.7. The third-order valence-electron chi connectivity index (χ3n) is 5.01. The minimum absolute atomic E-state index is 0.0648. The summed E-state index contributed by atoms with van der Waals surface area (Å²) >= 11 is 0. The van der Waals surface area contributed by atoms with E-state index in [0.29, 0.717) is 0 Å². The van der Waals surface area contributed by atoms with Gasteiger partial charge in [-0.25, -0.2) is 0 Å². The van der Waals surface area contributed by atoms with Gasteiger partial charge in [0.1, 0.15) is 23.6 Å². The predicted octanol–water partition coefficient (Wildman–Crippen LogP) is 3.56. The molecule has 0 aromatic heterocycles. The second-order valence-electron chi connectivity index (χ2n) is 6.96. The summed E-state index contributed by atoms with van der Waals surface area (Å²) in [6.07, 6.45) is 5.52. The van der Waals surface area contributed by atoms with Gasteiger partial charge in [-0.15, -0.1) is 0 Å². The van der Waals surface area contributed by atoms with E-state index in [-0.39, 0.29) is 17.8 Å². The molecule has 0 amide bonds. The van der Waals surface area contributed by atoms with Crippen molar-refractivity contribution in [1.82, 2.24) is 0 Å². The Morgan fingerprint density at radius 3 is 2.62 bits per heavy atom. The molecule has 2 fully saturated rings. The monoisotopic (exact) mass is 289 g/mol. The van der Waals surface area contributed by atoms with Crippen LogP contribution in [0.25, 0.3) is 0 Å². The highest BCUT2D eigenvalue weighted by Gasteiger charge is 2.58. The van der Waals surface area contributed by atoms with Gasteiger partial charge in [-0.05, 0) is 51.7 Å². The largest absolute Gasteiger partial charge is 0.484 e. The summed E-state index contributed by atoms with van der Waals surface area (Å²) in [5.41, 5.74) is 7.63. The molecule has 21 heavy (non-hydrogen) atoms. The number of anilines is 1. The van der Waals surface area contributed by atoms with Crippen LogP contribution in [0.3, 0.4) is 0 Å². The van der Waals surface area contributed by atoms with E-state index in [1.54, 1.807) is 0 Å². The maximum Gasteiger partial charge on any atom is 0.164 e. The average Bonchev–Trinajstić information content (AvgIpc) is 2.76. The minimum Gasteiger partial charge on any atom is -0.484 e. The molecular weight excluding hydrogens is 266 g/mol. The molecule has 0 unspecified atom stereocenters. The molecule has 2 N–H and O–H groups in total. The maximum absolute atomic E-state index is 6.46. The van der Waals surface area contributed by atoms with Gasteiger partial charge in [0.05, 0.1) is 0 Å². The molecular formula is C17H23NO3. The summed E-state index contributed by atoms with van der Waals surface area (Å²) in [6.45, 7) is 3.95. The van der Waals surface area contributed by atoms with Gasteiger partial charge in [-0.2, -0.15) is 0 Å². The first-order valence-electron chi connectivity index (χ1n) is 7.94. The number of rotatable bonds is 0. The fourth-order valence-corrected chi connectivity index (χ4v) is 4.12. The van der Waals surface area contributed by atoms with E-state index in [9.17, 15) is 0 Å². The summed E-state index contributed by atoms with van der Waals surface area (Å²) in [6, 6.07) is 5.87. The Bertz CT molecular complexity index is 563. The number of nitrogen functional groups attached to an aromatic ring is 1. The second-order valence-corrected chi connectivity index (χ2v) is 6.96. The first kappa shape index (κ1) is 13.4. The lowest BCUT2D eigenvalue weighted by molar-refractivity contribution is -0.169. The number of fused-ring (bicyclic) bond motifs is 4. The van der Waals surface area contributed by atoms with Crippen molar-refractivity contribution < 1.29 is 14.2 Å². The molecule has 3 aliphatic rings. The zero-order chi connectivity index (χ0) is 14.7. The van der Waals surface area contributed by atoms with Crippen molar-refractivity contribution >= 4 is 5.69 Å². The van der Waals surface area contributed by atoms with E-state index >= 15 is 0 Å². The fraction of sp³-hybridized carbons (Fsp3) is 0.647. The molecule has 0 bridgehead atoms. The van der Waals surface area contributed by atoms with Crippen LogP contribution in [0.15, 0.2) is 18.2 Å². The standard InChI is InChI=1S/C17H23NO3/c1-16(2)20-14-13-11(18)7-6-8-12(13)19-17(15(14)21-16)9-4-3-5-10-17/h6-8,14-15H,3-5,9-10,18H2,1-2H3/t14-,15-/m1/s1. The summed E-state index contributed by atoms with van der Waals surface area (Å²) < 4.78 is 18.9. The van der Waals surface area contributed by atoms with Crippen LogP contribution >= 0.6 is 0 Å². The van der Waals surface area contributed by atoms with Gasteiger partial charge in [-0.1, -0.05) is 12.5 Å². The van der Waals surface area contributed by atoms with E-state index in [4.69, 9.17) is 19.9 Å². The van der Waals surface area contributed by atoms with Crippen molar-refractivity contribution in [3.05, 3.63) is 23.8 Å². The highest BCUT2D eigenvalue weighted by atomic mass is 16.8. The number of nitrogens with two attached hydrogens (primary N) is 1. The van der Waals surface area contributed by atoms with Crippen LogP contribution in [-0.4, -0.2) is 17.5 Å². The van der Waals surface area contributed by atoms with Gasteiger partial charge >= 0.3 is 0 Å². The first-order valence-corrected chi connectivity index (χ1v) is 7.94. The third kappa shape index (κ3) is 1.96. The van der Waals surface area contributed by atoms with Gasteiger partial charge in [-0.3, -0.25) is 0 Å². The molecule has 1 saturated carbocycles. The van der Waals surface area contributed by atoms with Crippen LogP contribution in [0.5, 0.6) is 5.75 Å². The smallest absolute Gasteiger partial charge is 0.164 e. The Morgan fingerprint density at radius 2 is 1.86 bits per heavy atom. The lowest BCUT2D eigenvalue weighted by Crippen LogP contribution is -2.54. The van der Waals surface area contributed by atoms with Crippen molar-refractivity contribution in [2.45, 2.75) is 69.5 Å². The number of hydrogen-bond acceptors (Lipinski definition) is 4. The van der Waals surface area contributed by atoms with Crippen molar-refractivity contribution in [1.29, 1.82) is 0 Å². The summed E-state index contributed by atoms with van der Waals surface area (Å²) in [5, 5.41) is 0. The van der Waals surface area contributed by atoms with E-state index < -0.39 is 5.79 Å². The third-order valence-corrected chi connectivity index (χ3v) is 5.01.